The number of anilines is 3. The predicted octanol–water partition coefficient (Wildman–Crippen LogP) is 3.45. The molecule has 0 saturated carbocycles. The van der Waals surface area contributed by atoms with Crippen LogP contribution in [0.25, 0.3) is 11.5 Å². The molecule has 3 aromatic rings. The van der Waals surface area contributed by atoms with Crippen LogP contribution in [0.2, 0.25) is 5.02 Å². The van der Waals surface area contributed by atoms with Crippen molar-refractivity contribution in [1.29, 1.82) is 0 Å². The number of fused-ring (bicyclic) bond motifs is 1. The smallest absolute Gasteiger partial charge is 0.365 e. The van der Waals surface area contributed by atoms with Gasteiger partial charge in [-0.15, -0.1) is 0 Å². The predicted molar refractivity (Wildman–Crippen MR) is 124 cm³/mol. The molecule has 1 aromatic carbocycles. The molecule has 34 heavy (non-hydrogen) atoms. The molecule has 1 saturated heterocycles. The van der Waals surface area contributed by atoms with Crippen molar-refractivity contribution >= 4 is 29.1 Å². The van der Waals surface area contributed by atoms with E-state index in [1.165, 1.54) is 6.07 Å². The van der Waals surface area contributed by atoms with Gasteiger partial charge < -0.3 is 20.4 Å². The van der Waals surface area contributed by atoms with Crippen molar-refractivity contribution in [2.24, 2.45) is 0 Å². The third kappa shape index (κ3) is 4.71. The van der Waals surface area contributed by atoms with E-state index in [2.05, 4.69) is 30.5 Å². The second kappa shape index (κ2) is 9.22. The van der Waals surface area contributed by atoms with E-state index in [9.17, 15) is 13.2 Å². The Morgan fingerprint density at radius 1 is 1.00 bits per heavy atom. The zero-order chi connectivity index (χ0) is 23.7. The van der Waals surface area contributed by atoms with Crippen LogP contribution in [0.5, 0.6) is 0 Å². The Morgan fingerprint density at radius 2 is 1.82 bits per heavy atom. The Morgan fingerprint density at radius 3 is 2.62 bits per heavy atom. The number of hydrogen-bond donors (Lipinski definition) is 2. The summed E-state index contributed by atoms with van der Waals surface area (Å²) in [5.74, 6) is 2.33. The highest BCUT2D eigenvalue weighted by Crippen LogP contribution is 2.34. The van der Waals surface area contributed by atoms with Gasteiger partial charge in [-0.1, -0.05) is 11.6 Å². The first-order valence-electron chi connectivity index (χ1n) is 10.9. The van der Waals surface area contributed by atoms with E-state index in [0.717, 1.165) is 44.1 Å². The molecule has 2 aliphatic rings. The van der Waals surface area contributed by atoms with Gasteiger partial charge in [-0.25, -0.2) is 19.9 Å². The fraction of sp³-hybridized carbons (Fsp3) is 0.364. The summed E-state index contributed by atoms with van der Waals surface area (Å²) >= 11 is 6.24. The summed E-state index contributed by atoms with van der Waals surface area (Å²) < 4.78 is 39.6. The van der Waals surface area contributed by atoms with Gasteiger partial charge in [0, 0.05) is 57.0 Å². The summed E-state index contributed by atoms with van der Waals surface area (Å²) in [6.45, 7) is 4.74. The van der Waals surface area contributed by atoms with E-state index >= 15 is 0 Å². The Balaban J connectivity index is 1.45. The molecular weight excluding hydrogens is 469 g/mol. The highest BCUT2D eigenvalue weighted by atomic mass is 35.5. The molecule has 0 radical (unpaired) electrons. The molecule has 8 nitrogen and oxygen atoms in total. The molecule has 2 aliphatic heterocycles. The first kappa shape index (κ1) is 22.6. The maximum atomic E-state index is 13.2. The van der Waals surface area contributed by atoms with Gasteiger partial charge in [-0.3, -0.25) is 0 Å². The van der Waals surface area contributed by atoms with Crippen LogP contribution in [0.3, 0.4) is 0 Å². The maximum absolute atomic E-state index is 13.2. The molecular formula is C22H22ClF3N8. The van der Waals surface area contributed by atoms with E-state index in [0.29, 0.717) is 41.8 Å². The van der Waals surface area contributed by atoms with Crippen LogP contribution in [-0.2, 0) is 12.7 Å². The van der Waals surface area contributed by atoms with Gasteiger partial charge in [0.05, 0.1) is 11.8 Å². The number of halogens is 4. The van der Waals surface area contributed by atoms with Crippen LogP contribution in [-0.4, -0.2) is 59.2 Å². The van der Waals surface area contributed by atoms with Crippen molar-refractivity contribution in [3.05, 3.63) is 52.8 Å². The third-order valence-electron chi connectivity index (χ3n) is 5.77. The number of alkyl halides is 3. The van der Waals surface area contributed by atoms with Crippen molar-refractivity contribution in [3.63, 3.8) is 0 Å². The Kier molecular flexibility index (Phi) is 6.13. The minimum Gasteiger partial charge on any atom is -0.365 e. The molecule has 1 fully saturated rings. The highest BCUT2D eigenvalue weighted by molar-refractivity contribution is 6.31. The normalized spacial score (nSPS) is 16.2. The summed E-state index contributed by atoms with van der Waals surface area (Å²) in [4.78, 5) is 22.3. The van der Waals surface area contributed by atoms with Crippen molar-refractivity contribution in [1.82, 2.24) is 25.3 Å². The van der Waals surface area contributed by atoms with E-state index < -0.39 is 11.7 Å². The summed E-state index contributed by atoms with van der Waals surface area (Å²) in [6, 6.07) is 5.21. The lowest BCUT2D eigenvalue weighted by molar-refractivity contribution is -0.137. The molecule has 0 unspecified atom stereocenters. The molecule has 2 N–H and O–H groups in total. The topological polar surface area (TPSA) is 82.1 Å². The fourth-order valence-corrected chi connectivity index (χ4v) is 4.20. The molecule has 0 bridgehead atoms. The lowest BCUT2D eigenvalue weighted by Gasteiger charge is -2.31. The second-order valence-corrected chi connectivity index (χ2v) is 8.46. The monoisotopic (exact) mass is 490 g/mol. The second-order valence-electron chi connectivity index (χ2n) is 8.06. The summed E-state index contributed by atoms with van der Waals surface area (Å²) in [6.07, 6.45) is -1.15. The lowest BCUT2D eigenvalue weighted by Crippen LogP contribution is -2.43. The standard InChI is InChI=1S/C22H22ClF3N8/c23-16-2-1-15(22(24,25)26)11-14(16)13-34-10-7-29-20-21(34)31-17(12-30-20)19-28-4-3-18(32-19)33-8-5-27-6-9-33/h1-4,11-12,27H,5-10,13H2,(H,29,30). The van der Waals surface area contributed by atoms with Crippen LogP contribution in [0, 0.1) is 0 Å². The van der Waals surface area contributed by atoms with Crippen molar-refractivity contribution in [3.8, 4) is 11.5 Å². The summed E-state index contributed by atoms with van der Waals surface area (Å²) in [5, 5.41) is 6.77. The number of nitrogens with one attached hydrogen (secondary N) is 2. The Bertz CT molecular complexity index is 1180. The zero-order valence-electron chi connectivity index (χ0n) is 18.1. The Labute approximate surface area is 199 Å². The number of aromatic nitrogens is 4. The quantitative estimate of drug-likeness (QED) is 0.575. The molecule has 178 valence electrons. The molecule has 2 aromatic heterocycles. The first-order valence-corrected chi connectivity index (χ1v) is 11.3. The van der Waals surface area contributed by atoms with E-state index in [-0.39, 0.29) is 11.6 Å². The molecule has 0 spiro atoms. The average molecular weight is 491 g/mol. The van der Waals surface area contributed by atoms with E-state index in [4.69, 9.17) is 16.6 Å². The van der Waals surface area contributed by atoms with Crippen molar-refractivity contribution < 1.29 is 13.2 Å². The molecule has 12 heteroatoms. The first-order chi connectivity index (χ1) is 16.4. The van der Waals surface area contributed by atoms with Gasteiger partial charge in [0.2, 0.25) is 0 Å². The highest BCUT2D eigenvalue weighted by Gasteiger charge is 2.31. The minimum atomic E-state index is -4.44. The average Bonchev–Trinajstić information content (AvgIpc) is 2.85. The number of hydrogen-bond acceptors (Lipinski definition) is 8. The minimum absolute atomic E-state index is 0.164. The zero-order valence-corrected chi connectivity index (χ0v) is 18.9. The van der Waals surface area contributed by atoms with Crippen LogP contribution in [0.15, 0.2) is 36.7 Å². The maximum Gasteiger partial charge on any atom is 0.416 e. The van der Waals surface area contributed by atoms with Crippen LogP contribution < -0.4 is 20.4 Å². The Hall–Kier alpha value is -3.18. The summed E-state index contributed by atoms with van der Waals surface area (Å²) in [5.41, 5.74) is 0.119. The SMILES string of the molecule is FC(F)(F)c1ccc(Cl)c(CN2CCNc3ncc(-c4nccc(N5CCNCC5)n4)nc32)c1. The van der Waals surface area contributed by atoms with Gasteiger partial charge in [-0.05, 0) is 29.8 Å². The molecule has 0 atom stereocenters. The van der Waals surface area contributed by atoms with Gasteiger partial charge in [0.1, 0.15) is 11.5 Å². The van der Waals surface area contributed by atoms with Crippen LogP contribution in [0.1, 0.15) is 11.1 Å². The van der Waals surface area contributed by atoms with Gasteiger partial charge in [0.25, 0.3) is 0 Å². The molecule has 0 aliphatic carbocycles. The van der Waals surface area contributed by atoms with Gasteiger partial charge in [-0.2, -0.15) is 13.2 Å². The number of benzene rings is 1. The fourth-order valence-electron chi connectivity index (χ4n) is 4.02. The number of rotatable bonds is 4. The van der Waals surface area contributed by atoms with Crippen molar-refractivity contribution in [2.45, 2.75) is 12.7 Å². The van der Waals surface area contributed by atoms with Crippen molar-refractivity contribution in [2.75, 3.05) is 54.4 Å². The number of nitrogens with zero attached hydrogens (tertiary/aromatic N) is 6. The van der Waals surface area contributed by atoms with Crippen LogP contribution >= 0.6 is 11.6 Å². The molecule has 5 rings (SSSR count). The van der Waals surface area contributed by atoms with E-state index in [1.54, 1.807) is 12.4 Å². The lowest BCUT2D eigenvalue weighted by atomic mass is 10.1. The third-order valence-corrected chi connectivity index (χ3v) is 6.14. The molecule has 4 heterocycles. The number of piperazine rings is 1. The van der Waals surface area contributed by atoms with Gasteiger partial charge >= 0.3 is 6.18 Å². The largest absolute Gasteiger partial charge is 0.416 e. The summed E-state index contributed by atoms with van der Waals surface area (Å²) in [7, 11) is 0. The van der Waals surface area contributed by atoms with E-state index in [1.807, 2.05) is 11.0 Å². The molecule has 0 amide bonds. The van der Waals surface area contributed by atoms with Crippen LogP contribution in [0.4, 0.5) is 30.6 Å². The van der Waals surface area contributed by atoms with Gasteiger partial charge in [0.15, 0.2) is 17.5 Å².